The maximum absolute atomic E-state index is 10.5. The number of alkyl halides is 1. The molecule has 0 atom stereocenters. The maximum atomic E-state index is 10.5. The molecule has 8 heavy (non-hydrogen) atoms. The van der Waals surface area contributed by atoms with Crippen molar-refractivity contribution in [1.29, 1.82) is 0 Å². The molecule has 2 nitrogen and oxygen atoms in total. The largest absolute Gasteiger partial charge is 0.332 e. The van der Waals surface area contributed by atoms with Crippen LogP contribution < -0.4 is 0 Å². The van der Waals surface area contributed by atoms with Gasteiger partial charge in [0.05, 0.1) is 5.45 Å². The van der Waals surface area contributed by atoms with Crippen LogP contribution in [0.4, 0.5) is 0 Å². The van der Waals surface area contributed by atoms with Gasteiger partial charge in [0.25, 0.3) is 0 Å². The Morgan fingerprint density at radius 2 is 2.50 bits per heavy atom. The summed E-state index contributed by atoms with van der Waals surface area (Å²) in [5.41, 5.74) is 0.553. The average molecular weight is 178 g/mol. The molecule has 0 aromatic rings. The Hall–Kier alpha value is -0.310. The summed E-state index contributed by atoms with van der Waals surface area (Å²) >= 11 is 3.11. The third-order valence-electron chi connectivity index (χ3n) is 0.730. The van der Waals surface area contributed by atoms with Crippen molar-refractivity contribution in [1.82, 2.24) is 4.90 Å². The Morgan fingerprint density at radius 3 is 2.62 bits per heavy atom. The second-order valence-corrected chi connectivity index (χ2v) is 1.86. The highest BCUT2D eigenvalue weighted by molar-refractivity contribution is 9.09. The first-order chi connectivity index (χ1) is 3.72. The minimum Gasteiger partial charge on any atom is -0.332 e. The summed E-state index contributed by atoms with van der Waals surface area (Å²) in [7, 11) is 1.69. The first kappa shape index (κ1) is 7.69. The van der Waals surface area contributed by atoms with Gasteiger partial charge < -0.3 is 4.90 Å². The van der Waals surface area contributed by atoms with Crippen molar-refractivity contribution in [3.05, 3.63) is 12.7 Å². The predicted octanol–water partition coefficient (Wildman–Crippen LogP) is 0.983. The average Bonchev–Trinajstić information content (AvgIpc) is 1.84. The summed E-state index contributed by atoms with van der Waals surface area (Å²) in [6, 6.07) is 0. The van der Waals surface area contributed by atoms with E-state index in [-0.39, 0.29) is 5.91 Å². The van der Waals surface area contributed by atoms with Gasteiger partial charge >= 0.3 is 0 Å². The van der Waals surface area contributed by atoms with Crippen LogP contribution in [0.5, 0.6) is 0 Å². The van der Waals surface area contributed by atoms with Gasteiger partial charge in [-0.15, -0.1) is 0 Å². The molecule has 0 saturated heterocycles. The number of nitrogens with zero attached hydrogens (tertiary/aromatic N) is 1. The molecular formula is C5H8BrNO. The van der Waals surface area contributed by atoms with Gasteiger partial charge in [0.15, 0.2) is 0 Å². The number of likely N-dealkylation sites (N-methyl/N-ethyl adjacent to an activating group) is 1. The molecule has 0 fully saturated rings. The summed E-state index contributed by atoms with van der Waals surface area (Å²) in [6.45, 7) is 3.32. The number of hydrogen-bond donors (Lipinski definition) is 0. The van der Waals surface area contributed by atoms with E-state index in [0.29, 0.717) is 5.45 Å². The van der Waals surface area contributed by atoms with E-state index in [1.54, 1.807) is 7.05 Å². The van der Waals surface area contributed by atoms with Crippen LogP contribution in [0.3, 0.4) is 0 Å². The molecule has 0 aromatic carbocycles. The van der Waals surface area contributed by atoms with E-state index < -0.39 is 0 Å². The lowest BCUT2D eigenvalue weighted by Gasteiger charge is -2.08. The van der Waals surface area contributed by atoms with Crippen molar-refractivity contribution in [3.63, 3.8) is 0 Å². The van der Waals surface area contributed by atoms with Crippen molar-refractivity contribution in [2.24, 2.45) is 0 Å². The van der Waals surface area contributed by atoms with Crippen LogP contribution in [-0.4, -0.2) is 23.3 Å². The van der Waals surface area contributed by atoms with E-state index in [4.69, 9.17) is 0 Å². The SMILES string of the molecule is C=CC(=O)N(C)CBr. The first-order valence-corrected chi connectivity index (χ1v) is 3.28. The molecule has 0 radical (unpaired) electrons. The Kier molecular flexibility index (Phi) is 3.52. The molecular weight excluding hydrogens is 170 g/mol. The fourth-order valence-electron chi connectivity index (χ4n) is 0.215. The van der Waals surface area contributed by atoms with Crippen LogP contribution in [-0.2, 0) is 4.79 Å². The van der Waals surface area contributed by atoms with E-state index in [0.717, 1.165) is 0 Å². The number of hydrogen-bond acceptors (Lipinski definition) is 1. The van der Waals surface area contributed by atoms with Gasteiger partial charge in [-0.2, -0.15) is 0 Å². The minimum atomic E-state index is -0.0677. The van der Waals surface area contributed by atoms with Crippen LogP contribution >= 0.6 is 15.9 Å². The van der Waals surface area contributed by atoms with Crippen molar-refractivity contribution in [2.45, 2.75) is 0 Å². The molecule has 0 spiro atoms. The lowest BCUT2D eigenvalue weighted by molar-refractivity contribution is -0.123. The fourth-order valence-corrected chi connectivity index (χ4v) is 0.462. The standard InChI is InChI=1S/C5H8BrNO/c1-3-5(8)7(2)4-6/h3H,1,4H2,2H3. The number of amides is 1. The van der Waals surface area contributed by atoms with E-state index in [1.807, 2.05) is 0 Å². The zero-order chi connectivity index (χ0) is 6.57. The quantitative estimate of drug-likeness (QED) is 0.350. The lowest BCUT2D eigenvalue weighted by Crippen LogP contribution is -2.22. The van der Waals surface area contributed by atoms with Crippen LogP contribution in [0.1, 0.15) is 0 Å². The third kappa shape index (κ3) is 2.12. The molecule has 0 aliphatic heterocycles. The number of rotatable bonds is 2. The second kappa shape index (κ2) is 3.66. The maximum Gasteiger partial charge on any atom is 0.246 e. The normalized spacial score (nSPS) is 8.25. The Labute approximate surface area is 57.3 Å². The summed E-state index contributed by atoms with van der Waals surface area (Å²) in [5, 5.41) is 0. The molecule has 0 aromatic heterocycles. The van der Waals surface area contributed by atoms with Gasteiger partial charge in [0.2, 0.25) is 5.91 Å². The van der Waals surface area contributed by atoms with E-state index in [2.05, 4.69) is 22.5 Å². The molecule has 0 bridgehead atoms. The molecule has 46 valence electrons. The zero-order valence-electron chi connectivity index (χ0n) is 4.72. The van der Waals surface area contributed by atoms with E-state index >= 15 is 0 Å². The van der Waals surface area contributed by atoms with Crippen molar-refractivity contribution in [3.8, 4) is 0 Å². The molecule has 0 aliphatic carbocycles. The molecule has 1 amide bonds. The van der Waals surface area contributed by atoms with Crippen molar-refractivity contribution in [2.75, 3.05) is 12.5 Å². The van der Waals surface area contributed by atoms with Crippen LogP contribution in [0.25, 0.3) is 0 Å². The lowest BCUT2D eigenvalue weighted by atomic mass is 10.5. The summed E-state index contributed by atoms with van der Waals surface area (Å²) < 4.78 is 0. The molecule has 3 heteroatoms. The highest BCUT2D eigenvalue weighted by atomic mass is 79.9. The topological polar surface area (TPSA) is 20.3 Å². The van der Waals surface area contributed by atoms with Crippen LogP contribution in [0, 0.1) is 0 Å². The molecule has 0 saturated carbocycles. The number of carbonyl (C=O) groups excluding carboxylic acids is 1. The van der Waals surface area contributed by atoms with Crippen molar-refractivity contribution >= 4 is 21.8 Å². The smallest absolute Gasteiger partial charge is 0.246 e. The van der Waals surface area contributed by atoms with E-state index in [9.17, 15) is 4.79 Å². The molecule has 0 N–H and O–H groups in total. The first-order valence-electron chi connectivity index (χ1n) is 2.16. The molecule has 0 heterocycles. The minimum absolute atomic E-state index is 0.0677. The Morgan fingerprint density at radius 1 is 2.00 bits per heavy atom. The van der Waals surface area contributed by atoms with Gasteiger partial charge in [-0.25, -0.2) is 0 Å². The molecule has 0 aliphatic rings. The number of halogens is 1. The highest BCUT2D eigenvalue weighted by Crippen LogP contribution is 1.88. The Balaban J connectivity index is 3.62. The monoisotopic (exact) mass is 177 g/mol. The van der Waals surface area contributed by atoms with Gasteiger partial charge in [-0.05, 0) is 6.08 Å². The summed E-state index contributed by atoms with van der Waals surface area (Å²) in [6.07, 6.45) is 1.28. The van der Waals surface area contributed by atoms with Crippen LogP contribution in [0.15, 0.2) is 12.7 Å². The summed E-state index contributed by atoms with van der Waals surface area (Å²) in [4.78, 5) is 12.0. The van der Waals surface area contributed by atoms with E-state index in [1.165, 1.54) is 11.0 Å². The van der Waals surface area contributed by atoms with Crippen LogP contribution in [0.2, 0.25) is 0 Å². The molecule has 0 rings (SSSR count). The van der Waals surface area contributed by atoms with Gasteiger partial charge in [-0.3, -0.25) is 4.79 Å². The third-order valence-corrected chi connectivity index (χ3v) is 1.48. The van der Waals surface area contributed by atoms with Crippen molar-refractivity contribution < 1.29 is 4.79 Å². The van der Waals surface area contributed by atoms with Gasteiger partial charge in [0.1, 0.15) is 0 Å². The van der Waals surface area contributed by atoms with Gasteiger partial charge in [0, 0.05) is 7.05 Å². The molecule has 0 unspecified atom stereocenters. The zero-order valence-corrected chi connectivity index (χ0v) is 6.31. The van der Waals surface area contributed by atoms with Gasteiger partial charge in [-0.1, -0.05) is 22.5 Å². The Bertz CT molecular complexity index is 103. The fraction of sp³-hybridized carbons (Fsp3) is 0.400. The number of carbonyl (C=O) groups is 1. The highest BCUT2D eigenvalue weighted by Gasteiger charge is 1.97. The predicted molar refractivity (Wildman–Crippen MR) is 36.8 cm³/mol. The summed E-state index contributed by atoms with van der Waals surface area (Å²) in [5.74, 6) is -0.0677. The second-order valence-electron chi connectivity index (χ2n) is 1.36.